The van der Waals surface area contributed by atoms with E-state index in [1.165, 1.54) is 0 Å². The molecule has 2 aromatic carbocycles. The van der Waals surface area contributed by atoms with Crippen LogP contribution in [0.3, 0.4) is 0 Å². The van der Waals surface area contributed by atoms with Crippen LogP contribution in [0.1, 0.15) is 38.8 Å². The van der Waals surface area contributed by atoms with E-state index in [1.54, 1.807) is 32.7 Å². The minimum absolute atomic E-state index is 0.0958. The van der Waals surface area contributed by atoms with E-state index in [0.29, 0.717) is 12.8 Å². The second-order valence-electron chi connectivity index (χ2n) is 9.08. The van der Waals surface area contributed by atoms with Crippen LogP contribution in [0, 0.1) is 0 Å². The Labute approximate surface area is 189 Å². The Kier molecular flexibility index (Phi) is 7.28. The van der Waals surface area contributed by atoms with E-state index in [2.05, 4.69) is 5.32 Å². The van der Waals surface area contributed by atoms with E-state index in [1.807, 2.05) is 55.5 Å². The van der Waals surface area contributed by atoms with E-state index >= 15 is 0 Å². The summed E-state index contributed by atoms with van der Waals surface area (Å²) in [6, 6.07) is 14.6. The Morgan fingerprint density at radius 1 is 1.03 bits per heavy atom. The van der Waals surface area contributed by atoms with Gasteiger partial charge < -0.3 is 24.4 Å². The summed E-state index contributed by atoms with van der Waals surface area (Å²) in [6.07, 6.45) is 0.409. The smallest absolute Gasteiger partial charge is 0.408 e. The third-order valence-corrected chi connectivity index (χ3v) is 5.25. The van der Waals surface area contributed by atoms with Crippen LogP contribution in [0.4, 0.5) is 4.79 Å². The number of nitrogens with zero attached hydrogens (tertiary/aromatic N) is 1. The van der Waals surface area contributed by atoms with Crippen molar-refractivity contribution >= 4 is 12.0 Å². The van der Waals surface area contributed by atoms with Crippen molar-refractivity contribution < 1.29 is 23.8 Å². The lowest BCUT2D eigenvalue weighted by atomic mass is 10.0. The maximum absolute atomic E-state index is 13.4. The van der Waals surface area contributed by atoms with Crippen LogP contribution in [0.5, 0.6) is 11.5 Å². The molecule has 0 radical (unpaired) electrons. The van der Waals surface area contributed by atoms with Gasteiger partial charge in [0.25, 0.3) is 0 Å². The third kappa shape index (κ3) is 6.39. The Hall–Kier alpha value is -3.22. The lowest BCUT2D eigenvalue weighted by Gasteiger charge is -2.30. The number of carbonyl (C=O) groups is 2. The van der Waals surface area contributed by atoms with Crippen molar-refractivity contribution in [3.05, 3.63) is 59.7 Å². The number of fused-ring (bicyclic) bond motifs is 1. The molecular weight excluding hydrogens is 408 g/mol. The van der Waals surface area contributed by atoms with Gasteiger partial charge in [-0.3, -0.25) is 4.79 Å². The van der Waals surface area contributed by atoms with Crippen LogP contribution in [0.25, 0.3) is 0 Å². The molecule has 32 heavy (non-hydrogen) atoms. The first-order chi connectivity index (χ1) is 15.1. The van der Waals surface area contributed by atoms with Gasteiger partial charge in [0.15, 0.2) is 11.5 Å². The van der Waals surface area contributed by atoms with Crippen molar-refractivity contribution in [1.82, 2.24) is 10.2 Å². The standard InChI is InChI=1S/C25H32N2O5/c1-17(13-19-11-12-21-22(15-19)31-16-30-21)27(5)23(28)20(14-18-9-7-6-8-10-18)26-24(29)32-25(2,3)4/h6-12,15,17,20H,13-14,16H2,1-5H3,(H,26,29). The number of rotatable bonds is 7. The fraction of sp³-hybridized carbons (Fsp3) is 0.440. The SMILES string of the molecule is CC(Cc1ccc2c(c1)OCO2)N(C)C(=O)C(Cc1ccccc1)NC(=O)OC(C)(C)C. The topological polar surface area (TPSA) is 77.1 Å². The highest BCUT2D eigenvalue weighted by molar-refractivity contribution is 5.86. The summed E-state index contributed by atoms with van der Waals surface area (Å²) in [7, 11) is 1.76. The van der Waals surface area contributed by atoms with Crippen molar-refractivity contribution in [2.45, 2.75) is 58.2 Å². The molecule has 1 aliphatic rings. The summed E-state index contributed by atoms with van der Waals surface area (Å²) in [4.78, 5) is 27.5. The second kappa shape index (κ2) is 9.94. The largest absolute Gasteiger partial charge is 0.454 e. The van der Waals surface area contributed by atoms with Crippen LogP contribution < -0.4 is 14.8 Å². The molecule has 0 saturated carbocycles. The number of benzene rings is 2. The maximum atomic E-state index is 13.4. The molecule has 0 bridgehead atoms. The predicted octanol–water partition coefficient (Wildman–Crippen LogP) is 3.94. The zero-order valence-corrected chi connectivity index (χ0v) is 19.4. The number of carbonyl (C=O) groups excluding carboxylic acids is 2. The van der Waals surface area contributed by atoms with Gasteiger partial charge in [0.05, 0.1) is 0 Å². The molecule has 172 valence electrons. The van der Waals surface area contributed by atoms with Crippen molar-refractivity contribution in [3.63, 3.8) is 0 Å². The van der Waals surface area contributed by atoms with Crippen molar-refractivity contribution in [3.8, 4) is 11.5 Å². The molecule has 0 spiro atoms. The molecule has 1 N–H and O–H groups in total. The van der Waals surface area contributed by atoms with E-state index in [9.17, 15) is 9.59 Å². The van der Waals surface area contributed by atoms with Crippen LogP contribution in [-0.2, 0) is 22.4 Å². The summed E-state index contributed by atoms with van der Waals surface area (Å²) >= 11 is 0. The van der Waals surface area contributed by atoms with Gasteiger partial charge >= 0.3 is 6.09 Å². The fourth-order valence-electron chi connectivity index (χ4n) is 3.51. The monoisotopic (exact) mass is 440 g/mol. The average Bonchev–Trinajstić information content (AvgIpc) is 3.19. The van der Waals surface area contributed by atoms with E-state index in [4.69, 9.17) is 14.2 Å². The van der Waals surface area contributed by atoms with E-state index < -0.39 is 17.7 Å². The molecule has 7 heteroatoms. The van der Waals surface area contributed by atoms with Gasteiger partial charge in [-0.2, -0.15) is 0 Å². The zero-order valence-electron chi connectivity index (χ0n) is 19.4. The lowest BCUT2D eigenvalue weighted by Crippen LogP contribution is -2.52. The molecule has 1 aliphatic heterocycles. The lowest BCUT2D eigenvalue weighted by molar-refractivity contribution is -0.133. The van der Waals surface area contributed by atoms with Gasteiger partial charge in [-0.15, -0.1) is 0 Å². The minimum Gasteiger partial charge on any atom is -0.454 e. The summed E-state index contributed by atoms with van der Waals surface area (Å²) < 4.78 is 16.2. The molecule has 2 aromatic rings. The van der Waals surface area contributed by atoms with Gasteiger partial charge in [-0.1, -0.05) is 36.4 Å². The molecule has 2 unspecified atom stereocenters. The second-order valence-corrected chi connectivity index (χ2v) is 9.08. The number of hydrogen-bond donors (Lipinski definition) is 1. The predicted molar refractivity (Wildman–Crippen MR) is 122 cm³/mol. The highest BCUT2D eigenvalue weighted by Crippen LogP contribution is 2.33. The number of ether oxygens (including phenoxy) is 3. The molecule has 0 aliphatic carbocycles. The molecule has 0 aromatic heterocycles. The van der Waals surface area contributed by atoms with Gasteiger partial charge in [0.2, 0.25) is 12.7 Å². The Balaban J connectivity index is 1.70. The number of amides is 2. The number of nitrogens with one attached hydrogen (secondary N) is 1. The van der Waals surface area contributed by atoms with Crippen molar-refractivity contribution in [2.75, 3.05) is 13.8 Å². The van der Waals surface area contributed by atoms with Crippen LogP contribution >= 0.6 is 0 Å². The quantitative estimate of drug-likeness (QED) is 0.706. The summed E-state index contributed by atoms with van der Waals surface area (Å²) in [5.74, 6) is 1.28. The first kappa shape index (κ1) is 23.4. The minimum atomic E-state index is -0.739. The molecule has 7 nitrogen and oxygen atoms in total. The molecule has 3 rings (SSSR count). The Morgan fingerprint density at radius 2 is 1.72 bits per heavy atom. The van der Waals surface area contributed by atoms with Crippen LogP contribution in [0.2, 0.25) is 0 Å². The number of likely N-dealkylation sites (N-methyl/N-ethyl adjacent to an activating group) is 1. The third-order valence-electron chi connectivity index (χ3n) is 5.25. The fourth-order valence-corrected chi connectivity index (χ4v) is 3.51. The average molecular weight is 441 g/mol. The van der Waals surface area contributed by atoms with Gasteiger partial charge in [-0.25, -0.2) is 4.79 Å². The maximum Gasteiger partial charge on any atom is 0.408 e. The highest BCUT2D eigenvalue weighted by Gasteiger charge is 2.29. The van der Waals surface area contributed by atoms with Gasteiger partial charge in [0.1, 0.15) is 11.6 Å². The summed E-state index contributed by atoms with van der Waals surface area (Å²) in [5.41, 5.74) is 1.35. The van der Waals surface area contributed by atoms with E-state index in [-0.39, 0.29) is 18.7 Å². The highest BCUT2D eigenvalue weighted by atomic mass is 16.7. The molecule has 0 saturated heterocycles. The number of hydrogen-bond acceptors (Lipinski definition) is 5. The van der Waals surface area contributed by atoms with Crippen LogP contribution in [0.15, 0.2) is 48.5 Å². The van der Waals surface area contributed by atoms with E-state index in [0.717, 1.165) is 22.6 Å². The Bertz CT molecular complexity index is 939. The normalized spacial score (nSPS) is 14.4. The Morgan fingerprint density at radius 3 is 2.41 bits per heavy atom. The summed E-state index contributed by atoms with van der Waals surface area (Å²) in [6.45, 7) is 7.58. The molecule has 1 heterocycles. The molecular formula is C25H32N2O5. The summed E-state index contributed by atoms with van der Waals surface area (Å²) in [5, 5.41) is 2.77. The molecule has 2 atom stereocenters. The molecule has 2 amide bonds. The van der Waals surface area contributed by atoms with Crippen molar-refractivity contribution in [2.24, 2.45) is 0 Å². The molecule has 0 fully saturated rings. The van der Waals surface area contributed by atoms with Gasteiger partial charge in [-0.05, 0) is 57.4 Å². The first-order valence-corrected chi connectivity index (χ1v) is 10.8. The first-order valence-electron chi connectivity index (χ1n) is 10.8. The van der Waals surface area contributed by atoms with Crippen LogP contribution in [-0.4, -0.2) is 48.4 Å². The van der Waals surface area contributed by atoms with Crippen molar-refractivity contribution in [1.29, 1.82) is 0 Å². The number of alkyl carbamates (subject to hydrolysis) is 1. The zero-order chi connectivity index (χ0) is 23.3. The van der Waals surface area contributed by atoms with Gasteiger partial charge in [0, 0.05) is 19.5 Å².